The first-order valence-electron chi connectivity index (χ1n) is 15.7. The third-order valence-corrected chi connectivity index (χ3v) is 6.82. The number of ether oxygens (including phenoxy) is 3. The number of aromatic nitrogens is 3. The minimum atomic E-state index is -0.0461. The molecule has 0 aliphatic rings. The van der Waals surface area contributed by atoms with Crippen molar-refractivity contribution < 1.29 is 14.2 Å². The Labute approximate surface area is 292 Å². The molecule has 246 valence electrons. The van der Waals surface area contributed by atoms with E-state index in [-0.39, 0.29) is 18.0 Å². The van der Waals surface area contributed by atoms with Crippen LogP contribution in [0.15, 0.2) is 194 Å². The predicted molar refractivity (Wildman–Crippen MR) is 191 cm³/mol. The molecule has 7 aromatic rings. The summed E-state index contributed by atoms with van der Waals surface area (Å²) in [5.74, 6) is 1.37. The first-order chi connectivity index (χ1) is 25.2. The van der Waals surface area contributed by atoms with Gasteiger partial charge in [-0.25, -0.2) is 0 Å². The van der Waals surface area contributed by atoms with Gasteiger partial charge in [0, 0.05) is 0 Å². The van der Waals surface area contributed by atoms with Gasteiger partial charge in [-0.2, -0.15) is 30.7 Å². The van der Waals surface area contributed by atoms with Crippen molar-refractivity contribution >= 4 is 34.1 Å². The van der Waals surface area contributed by atoms with Gasteiger partial charge in [0.2, 0.25) is 0 Å². The van der Waals surface area contributed by atoms with Crippen LogP contribution in [0.25, 0.3) is 0 Å². The molecule has 0 saturated heterocycles. The Hall–Kier alpha value is -7.47. The second kappa shape index (κ2) is 16.1. The van der Waals surface area contributed by atoms with E-state index in [9.17, 15) is 0 Å². The Balaban J connectivity index is 1.09. The lowest BCUT2D eigenvalue weighted by Crippen LogP contribution is -2.01. The second-order valence-corrected chi connectivity index (χ2v) is 10.6. The standard InChI is InChI=1S/C39H27N9O3/c1-4-10-28(11-5-1)43-46-31-16-22-34(23-17-31)49-37-40-38(50-35-24-18-32(19-25-35)47-44-29-12-6-2-7-13-29)42-39(41-37)51-36-26-20-33(21-27-36)48-45-30-14-8-3-9-15-30/h1-27H. The van der Waals surface area contributed by atoms with Crippen LogP contribution in [0.3, 0.4) is 0 Å². The third kappa shape index (κ3) is 9.55. The lowest BCUT2D eigenvalue weighted by molar-refractivity contribution is 0.362. The van der Waals surface area contributed by atoms with Crippen molar-refractivity contribution in [3.63, 3.8) is 0 Å². The Bertz CT molecular complexity index is 1980. The highest BCUT2D eigenvalue weighted by molar-refractivity contribution is 5.46. The number of rotatable bonds is 12. The van der Waals surface area contributed by atoms with E-state index in [0.29, 0.717) is 34.3 Å². The van der Waals surface area contributed by atoms with Crippen LogP contribution in [-0.2, 0) is 0 Å². The number of hydrogen-bond acceptors (Lipinski definition) is 12. The normalized spacial score (nSPS) is 11.3. The summed E-state index contributed by atoms with van der Waals surface area (Å²) in [4.78, 5) is 13.1. The minimum Gasteiger partial charge on any atom is -0.424 e. The van der Waals surface area contributed by atoms with Crippen molar-refractivity contribution in [2.24, 2.45) is 30.7 Å². The first kappa shape index (κ1) is 32.1. The summed E-state index contributed by atoms with van der Waals surface area (Å²) in [6.45, 7) is 0. The number of benzene rings is 6. The molecule has 7 rings (SSSR count). The molecule has 12 nitrogen and oxygen atoms in total. The van der Waals surface area contributed by atoms with Gasteiger partial charge in [0.25, 0.3) is 0 Å². The Morgan fingerprint density at radius 3 is 0.706 bits per heavy atom. The molecular weight excluding hydrogens is 642 g/mol. The fourth-order valence-corrected chi connectivity index (χ4v) is 4.35. The van der Waals surface area contributed by atoms with Crippen molar-refractivity contribution in [2.75, 3.05) is 0 Å². The van der Waals surface area contributed by atoms with Gasteiger partial charge < -0.3 is 14.2 Å². The maximum absolute atomic E-state index is 5.99. The minimum absolute atomic E-state index is 0.0461. The Morgan fingerprint density at radius 2 is 0.471 bits per heavy atom. The molecule has 0 saturated carbocycles. The van der Waals surface area contributed by atoms with Gasteiger partial charge in [-0.1, -0.05) is 54.6 Å². The van der Waals surface area contributed by atoms with Crippen LogP contribution in [-0.4, -0.2) is 15.0 Å². The maximum atomic E-state index is 5.99. The van der Waals surface area contributed by atoms with E-state index in [1.165, 1.54) is 0 Å². The summed E-state index contributed by atoms with van der Waals surface area (Å²) in [7, 11) is 0. The molecule has 0 unspecified atom stereocenters. The van der Waals surface area contributed by atoms with Crippen LogP contribution in [0.2, 0.25) is 0 Å². The van der Waals surface area contributed by atoms with Crippen molar-refractivity contribution in [1.82, 2.24) is 15.0 Å². The van der Waals surface area contributed by atoms with E-state index >= 15 is 0 Å². The zero-order valence-electron chi connectivity index (χ0n) is 26.8. The van der Waals surface area contributed by atoms with Crippen molar-refractivity contribution in [2.45, 2.75) is 0 Å². The molecule has 0 atom stereocenters. The van der Waals surface area contributed by atoms with Crippen LogP contribution in [0, 0.1) is 0 Å². The second-order valence-electron chi connectivity index (χ2n) is 10.6. The van der Waals surface area contributed by atoms with Crippen LogP contribution in [0.4, 0.5) is 34.1 Å². The first-order valence-corrected chi connectivity index (χ1v) is 15.7. The quantitative estimate of drug-likeness (QED) is 0.119. The van der Waals surface area contributed by atoms with E-state index in [1.807, 2.05) is 91.0 Å². The molecule has 1 aromatic heterocycles. The summed E-state index contributed by atoms with van der Waals surface area (Å²) in [6, 6.07) is 49.3. The Morgan fingerprint density at radius 1 is 0.255 bits per heavy atom. The molecule has 0 spiro atoms. The van der Waals surface area contributed by atoms with E-state index in [2.05, 4.69) is 45.6 Å². The highest BCUT2D eigenvalue weighted by atomic mass is 16.5. The number of azo groups is 3. The van der Waals surface area contributed by atoms with Crippen LogP contribution in [0.5, 0.6) is 35.3 Å². The van der Waals surface area contributed by atoms with Gasteiger partial charge in [0.15, 0.2) is 0 Å². The number of nitrogens with zero attached hydrogens (tertiary/aromatic N) is 9. The monoisotopic (exact) mass is 669 g/mol. The van der Waals surface area contributed by atoms with Crippen LogP contribution in [0.1, 0.15) is 0 Å². The molecule has 0 bridgehead atoms. The van der Waals surface area contributed by atoms with Gasteiger partial charge in [-0.3, -0.25) is 0 Å². The van der Waals surface area contributed by atoms with Gasteiger partial charge in [-0.15, -0.1) is 15.0 Å². The van der Waals surface area contributed by atoms with Crippen molar-refractivity contribution in [3.05, 3.63) is 164 Å². The molecule has 12 heteroatoms. The van der Waals surface area contributed by atoms with E-state index in [0.717, 1.165) is 17.1 Å². The van der Waals surface area contributed by atoms with Gasteiger partial charge in [-0.05, 0) is 109 Å². The predicted octanol–water partition coefficient (Wildman–Crippen LogP) is 12.5. The SMILES string of the molecule is c1ccc(N=Nc2ccc(Oc3nc(Oc4ccc(N=Nc5ccccc5)cc4)nc(Oc4ccc(N=Nc5ccccc5)cc4)n3)cc2)cc1. The van der Waals surface area contributed by atoms with E-state index < -0.39 is 0 Å². The van der Waals surface area contributed by atoms with E-state index in [4.69, 9.17) is 14.2 Å². The van der Waals surface area contributed by atoms with Crippen LogP contribution >= 0.6 is 0 Å². The van der Waals surface area contributed by atoms with Gasteiger partial charge >= 0.3 is 18.0 Å². The molecule has 0 aliphatic heterocycles. The lowest BCUT2D eigenvalue weighted by Gasteiger charge is -2.10. The summed E-state index contributed by atoms with van der Waals surface area (Å²) in [5, 5.41) is 25.6. The molecule has 0 aliphatic carbocycles. The molecule has 0 amide bonds. The summed E-state index contributed by atoms with van der Waals surface area (Å²) in [5.41, 5.74) is 4.19. The maximum Gasteiger partial charge on any atom is 0.331 e. The fraction of sp³-hybridized carbons (Fsp3) is 0. The van der Waals surface area contributed by atoms with Crippen molar-refractivity contribution in [1.29, 1.82) is 0 Å². The average Bonchev–Trinajstić information content (AvgIpc) is 3.18. The van der Waals surface area contributed by atoms with Gasteiger partial charge in [0.1, 0.15) is 17.2 Å². The molecule has 51 heavy (non-hydrogen) atoms. The molecule has 0 radical (unpaired) electrons. The molecular formula is C39H27N9O3. The summed E-state index contributed by atoms with van der Waals surface area (Å²) < 4.78 is 18.0. The molecule has 6 aromatic carbocycles. The van der Waals surface area contributed by atoms with Crippen LogP contribution < -0.4 is 14.2 Å². The number of hydrogen-bond donors (Lipinski definition) is 0. The molecule has 0 fully saturated rings. The highest BCUT2D eigenvalue weighted by Crippen LogP contribution is 2.30. The summed E-state index contributed by atoms with van der Waals surface area (Å²) >= 11 is 0. The van der Waals surface area contributed by atoms with Crippen molar-refractivity contribution in [3.8, 4) is 35.3 Å². The zero-order valence-corrected chi connectivity index (χ0v) is 26.8. The Kier molecular flexibility index (Phi) is 10.1. The topological polar surface area (TPSA) is 141 Å². The molecule has 0 N–H and O–H groups in total. The van der Waals surface area contributed by atoms with Gasteiger partial charge in [0.05, 0.1) is 34.1 Å². The average molecular weight is 670 g/mol. The fourth-order valence-electron chi connectivity index (χ4n) is 4.35. The summed E-state index contributed by atoms with van der Waals surface area (Å²) in [6.07, 6.45) is 0. The molecule has 1 heterocycles. The third-order valence-electron chi connectivity index (χ3n) is 6.82. The smallest absolute Gasteiger partial charge is 0.331 e. The zero-order chi connectivity index (χ0) is 34.5. The van der Waals surface area contributed by atoms with E-state index in [1.54, 1.807) is 72.8 Å². The lowest BCUT2D eigenvalue weighted by atomic mass is 10.3. The highest BCUT2D eigenvalue weighted by Gasteiger charge is 2.13. The largest absolute Gasteiger partial charge is 0.424 e.